The van der Waals surface area contributed by atoms with Crippen LogP contribution in [0.2, 0.25) is 0 Å². The maximum atomic E-state index is 11.9. The van der Waals surface area contributed by atoms with Crippen LogP contribution < -0.4 is 16.2 Å². The van der Waals surface area contributed by atoms with Crippen molar-refractivity contribution in [2.45, 2.75) is 12.9 Å². The lowest BCUT2D eigenvalue weighted by atomic mass is 10.2. The van der Waals surface area contributed by atoms with Crippen molar-refractivity contribution in [3.8, 4) is 5.75 Å². The summed E-state index contributed by atoms with van der Waals surface area (Å²) < 4.78 is 39.3. The molecule has 6 heteroatoms. The van der Waals surface area contributed by atoms with E-state index in [2.05, 4.69) is 4.74 Å². The molecule has 0 bridgehead atoms. The van der Waals surface area contributed by atoms with Gasteiger partial charge in [0.05, 0.1) is 0 Å². The smallest absolute Gasteiger partial charge is 0.405 e. The van der Waals surface area contributed by atoms with Crippen molar-refractivity contribution >= 4 is 5.69 Å². The summed E-state index contributed by atoms with van der Waals surface area (Å²) in [5.74, 6) is -0.311. The predicted octanol–water partition coefficient (Wildman–Crippen LogP) is 1.63. The van der Waals surface area contributed by atoms with Crippen LogP contribution in [-0.4, -0.2) is 6.36 Å². The molecule has 0 radical (unpaired) electrons. The molecule has 0 aromatic heterocycles. The Kier molecular flexibility index (Phi) is 2.85. The molecule has 0 aliphatic rings. The Labute approximate surface area is 78.5 Å². The van der Waals surface area contributed by atoms with Gasteiger partial charge in [0.1, 0.15) is 5.75 Å². The average molecular weight is 206 g/mol. The number of hydrogen-bond donors (Lipinski definition) is 2. The van der Waals surface area contributed by atoms with Crippen LogP contribution in [0, 0.1) is 0 Å². The van der Waals surface area contributed by atoms with Gasteiger partial charge in [-0.05, 0) is 18.2 Å². The van der Waals surface area contributed by atoms with Crippen LogP contribution in [0.3, 0.4) is 0 Å². The second-order valence-corrected chi connectivity index (χ2v) is 2.62. The molecule has 0 fully saturated rings. The van der Waals surface area contributed by atoms with E-state index in [0.29, 0.717) is 5.69 Å². The van der Waals surface area contributed by atoms with Crippen LogP contribution >= 0.6 is 0 Å². The first-order chi connectivity index (χ1) is 6.42. The van der Waals surface area contributed by atoms with E-state index < -0.39 is 6.36 Å². The van der Waals surface area contributed by atoms with Gasteiger partial charge in [-0.1, -0.05) is 0 Å². The molecular weight excluding hydrogens is 197 g/mol. The standard InChI is InChI=1S/C8H9F3N2O/c9-8(10,11)14-7-2-1-6(13)3-5(7)4-12/h1-3H,4,12-13H2. The van der Waals surface area contributed by atoms with Crippen molar-refractivity contribution in [1.29, 1.82) is 0 Å². The lowest BCUT2D eigenvalue weighted by Crippen LogP contribution is -2.18. The molecule has 0 saturated heterocycles. The van der Waals surface area contributed by atoms with E-state index in [4.69, 9.17) is 11.5 Å². The van der Waals surface area contributed by atoms with Gasteiger partial charge in [-0.2, -0.15) is 0 Å². The summed E-state index contributed by atoms with van der Waals surface area (Å²) in [5.41, 5.74) is 11.2. The Bertz CT molecular complexity index is 325. The van der Waals surface area contributed by atoms with Gasteiger partial charge in [-0.3, -0.25) is 0 Å². The number of alkyl halides is 3. The fourth-order valence-electron chi connectivity index (χ4n) is 0.983. The Hall–Kier alpha value is -1.43. The van der Waals surface area contributed by atoms with Crippen molar-refractivity contribution in [2.75, 3.05) is 5.73 Å². The molecule has 0 amide bonds. The van der Waals surface area contributed by atoms with Gasteiger partial charge >= 0.3 is 6.36 Å². The summed E-state index contributed by atoms with van der Waals surface area (Å²) in [5, 5.41) is 0. The highest BCUT2D eigenvalue weighted by Gasteiger charge is 2.31. The molecule has 0 atom stereocenters. The number of benzene rings is 1. The summed E-state index contributed by atoms with van der Waals surface area (Å²) in [6.07, 6.45) is -4.71. The molecule has 0 heterocycles. The van der Waals surface area contributed by atoms with E-state index >= 15 is 0 Å². The predicted molar refractivity (Wildman–Crippen MR) is 45.4 cm³/mol. The molecule has 4 N–H and O–H groups in total. The van der Waals surface area contributed by atoms with Crippen molar-refractivity contribution < 1.29 is 17.9 Å². The van der Waals surface area contributed by atoms with Gasteiger partial charge in [0, 0.05) is 17.8 Å². The first-order valence-corrected chi connectivity index (χ1v) is 3.76. The number of hydrogen-bond acceptors (Lipinski definition) is 3. The lowest BCUT2D eigenvalue weighted by Gasteiger charge is -2.12. The van der Waals surface area contributed by atoms with Gasteiger partial charge in [0.2, 0.25) is 0 Å². The number of ether oxygens (including phenoxy) is 1. The molecule has 0 aliphatic heterocycles. The van der Waals surface area contributed by atoms with Crippen LogP contribution in [0.25, 0.3) is 0 Å². The SMILES string of the molecule is NCc1cc(N)ccc1OC(F)(F)F. The highest BCUT2D eigenvalue weighted by Crippen LogP contribution is 2.27. The minimum atomic E-state index is -4.71. The van der Waals surface area contributed by atoms with Gasteiger partial charge in [-0.25, -0.2) is 0 Å². The molecule has 0 unspecified atom stereocenters. The number of rotatable bonds is 2. The quantitative estimate of drug-likeness (QED) is 0.723. The zero-order valence-electron chi connectivity index (χ0n) is 7.14. The zero-order chi connectivity index (χ0) is 10.8. The Morgan fingerprint density at radius 3 is 2.43 bits per heavy atom. The number of nitrogen functional groups attached to an aromatic ring is 1. The monoisotopic (exact) mass is 206 g/mol. The van der Waals surface area contributed by atoms with E-state index in [0.717, 1.165) is 6.07 Å². The first-order valence-electron chi connectivity index (χ1n) is 3.76. The maximum Gasteiger partial charge on any atom is 0.573 e. The highest BCUT2D eigenvalue weighted by molar-refractivity contribution is 5.47. The Balaban J connectivity index is 2.97. The molecule has 1 aromatic rings. The molecule has 3 nitrogen and oxygen atoms in total. The normalized spacial score (nSPS) is 11.4. The molecule has 0 aliphatic carbocycles. The third-order valence-electron chi connectivity index (χ3n) is 1.53. The summed E-state index contributed by atoms with van der Waals surface area (Å²) in [7, 11) is 0. The van der Waals surface area contributed by atoms with E-state index in [9.17, 15) is 13.2 Å². The summed E-state index contributed by atoms with van der Waals surface area (Å²) in [4.78, 5) is 0. The average Bonchev–Trinajstić information content (AvgIpc) is 2.06. The van der Waals surface area contributed by atoms with Crippen LogP contribution in [-0.2, 0) is 6.54 Å². The fraction of sp³-hybridized carbons (Fsp3) is 0.250. The van der Waals surface area contributed by atoms with Crippen molar-refractivity contribution in [3.63, 3.8) is 0 Å². The van der Waals surface area contributed by atoms with Crippen LogP contribution in [0.1, 0.15) is 5.56 Å². The largest absolute Gasteiger partial charge is 0.573 e. The third kappa shape index (κ3) is 2.81. The Morgan fingerprint density at radius 2 is 1.93 bits per heavy atom. The van der Waals surface area contributed by atoms with Gasteiger partial charge in [0.15, 0.2) is 0 Å². The van der Waals surface area contributed by atoms with Gasteiger partial charge in [0.25, 0.3) is 0 Å². The maximum absolute atomic E-state index is 11.9. The van der Waals surface area contributed by atoms with Gasteiger partial charge in [-0.15, -0.1) is 13.2 Å². The van der Waals surface area contributed by atoms with Gasteiger partial charge < -0.3 is 16.2 Å². The van der Waals surface area contributed by atoms with Crippen molar-refractivity contribution in [3.05, 3.63) is 23.8 Å². The minimum absolute atomic E-state index is 0.0591. The van der Waals surface area contributed by atoms with E-state index in [-0.39, 0.29) is 17.9 Å². The van der Waals surface area contributed by atoms with E-state index in [1.54, 1.807) is 0 Å². The van der Waals surface area contributed by atoms with E-state index in [1.807, 2.05) is 0 Å². The first kappa shape index (κ1) is 10.6. The fourth-order valence-corrected chi connectivity index (χ4v) is 0.983. The summed E-state index contributed by atoms with van der Waals surface area (Å²) in [6.45, 7) is -0.0591. The van der Waals surface area contributed by atoms with E-state index in [1.165, 1.54) is 12.1 Å². The molecule has 1 rings (SSSR count). The zero-order valence-corrected chi connectivity index (χ0v) is 7.14. The summed E-state index contributed by atoms with van der Waals surface area (Å²) in [6, 6.07) is 3.81. The molecule has 78 valence electrons. The minimum Gasteiger partial charge on any atom is -0.405 e. The second-order valence-electron chi connectivity index (χ2n) is 2.62. The molecular formula is C8H9F3N2O. The number of anilines is 1. The lowest BCUT2D eigenvalue weighted by molar-refractivity contribution is -0.274. The number of nitrogens with two attached hydrogens (primary N) is 2. The van der Waals surface area contributed by atoms with Crippen LogP contribution in [0.5, 0.6) is 5.75 Å². The molecule has 14 heavy (non-hydrogen) atoms. The van der Waals surface area contributed by atoms with Crippen LogP contribution in [0.4, 0.5) is 18.9 Å². The topological polar surface area (TPSA) is 61.3 Å². The Morgan fingerprint density at radius 1 is 1.29 bits per heavy atom. The van der Waals surface area contributed by atoms with Crippen LogP contribution in [0.15, 0.2) is 18.2 Å². The summed E-state index contributed by atoms with van der Waals surface area (Å²) >= 11 is 0. The van der Waals surface area contributed by atoms with Crippen molar-refractivity contribution in [2.24, 2.45) is 5.73 Å². The highest BCUT2D eigenvalue weighted by atomic mass is 19.4. The molecule has 1 aromatic carbocycles. The third-order valence-corrected chi connectivity index (χ3v) is 1.53. The second kappa shape index (κ2) is 3.75. The number of halogens is 3. The molecule has 0 spiro atoms. The van der Waals surface area contributed by atoms with Crippen molar-refractivity contribution in [1.82, 2.24) is 0 Å². The molecule has 0 saturated carbocycles.